The quantitative estimate of drug-likeness (QED) is 0.879. The summed E-state index contributed by atoms with van der Waals surface area (Å²) in [5, 5.41) is 4.11. The summed E-state index contributed by atoms with van der Waals surface area (Å²) < 4.78 is 1.38. The van der Waals surface area contributed by atoms with Crippen LogP contribution in [0.2, 0.25) is 0 Å². The Hall–Kier alpha value is -0.510. The summed E-state index contributed by atoms with van der Waals surface area (Å²) in [5.74, 6) is 1.28. The zero-order chi connectivity index (χ0) is 11.7. The van der Waals surface area contributed by atoms with E-state index in [1.807, 2.05) is 11.3 Å². The zero-order valence-electron chi connectivity index (χ0n) is 9.76. The molecule has 1 aromatic carbocycles. The summed E-state index contributed by atoms with van der Waals surface area (Å²) in [6.45, 7) is 0. The van der Waals surface area contributed by atoms with Crippen molar-refractivity contribution in [3.05, 3.63) is 35.2 Å². The van der Waals surface area contributed by atoms with Crippen LogP contribution in [-0.2, 0) is 0 Å². The molecule has 3 heteroatoms. The van der Waals surface area contributed by atoms with Crippen LogP contribution in [0.1, 0.15) is 30.9 Å². The van der Waals surface area contributed by atoms with Crippen molar-refractivity contribution >= 4 is 33.2 Å². The predicted molar refractivity (Wildman–Crippen MR) is 78.9 cm³/mol. The molecule has 90 valence electrons. The third-order valence-electron chi connectivity index (χ3n) is 3.48. The van der Waals surface area contributed by atoms with Crippen LogP contribution in [0.5, 0.6) is 0 Å². The summed E-state index contributed by atoms with van der Waals surface area (Å²) >= 11 is 3.87. The number of rotatable bonds is 2. The van der Waals surface area contributed by atoms with Gasteiger partial charge in [0.15, 0.2) is 0 Å². The number of hydrogen-bond donors (Lipinski definition) is 1. The van der Waals surface area contributed by atoms with Crippen molar-refractivity contribution < 1.29 is 0 Å². The van der Waals surface area contributed by atoms with Gasteiger partial charge >= 0.3 is 0 Å². The number of thioether (sulfide) groups is 1. The van der Waals surface area contributed by atoms with E-state index in [0.717, 1.165) is 0 Å². The molecule has 2 heterocycles. The second-order valence-corrected chi connectivity index (χ2v) is 6.88. The Morgan fingerprint density at radius 1 is 1.24 bits per heavy atom. The third kappa shape index (κ3) is 2.24. The number of nitrogens with two attached hydrogens (primary N) is 1. The molecule has 1 fully saturated rings. The largest absolute Gasteiger partial charge is 0.323 e. The van der Waals surface area contributed by atoms with Crippen molar-refractivity contribution in [2.24, 2.45) is 5.73 Å². The van der Waals surface area contributed by atoms with Crippen LogP contribution in [0.25, 0.3) is 10.1 Å². The fourth-order valence-corrected chi connectivity index (χ4v) is 4.85. The molecule has 1 aliphatic heterocycles. The van der Waals surface area contributed by atoms with Crippen molar-refractivity contribution in [2.45, 2.75) is 30.6 Å². The van der Waals surface area contributed by atoms with E-state index in [9.17, 15) is 0 Å². The van der Waals surface area contributed by atoms with E-state index in [0.29, 0.717) is 5.25 Å². The second-order valence-electron chi connectivity index (χ2n) is 4.62. The Bertz CT molecular complexity index is 500. The lowest BCUT2D eigenvalue weighted by atomic mass is 9.99. The summed E-state index contributed by atoms with van der Waals surface area (Å²) in [5.41, 5.74) is 7.83. The van der Waals surface area contributed by atoms with Crippen LogP contribution in [0.3, 0.4) is 0 Å². The molecule has 0 aliphatic carbocycles. The molecule has 0 amide bonds. The van der Waals surface area contributed by atoms with Crippen molar-refractivity contribution in [3.63, 3.8) is 0 Å². The van der Waals surface area contributed by atoms with Gasteiger partial charge in [0, 0.05) is 16.0 Å². The molecule has 1 aromatic heterocycles. The van der Waals surface area contributed by atoms with Gasteiger partial charge in [-0.1, -0.05) is 24.6 Å². The summed E-state index contributed by atoms with van der Waals surface area (Å²) in [4.78, 5) is 0. The van der Waals surface area contributed by atoms with Gasteiger partial charge in [-0.3, -0.25) is 0 Å². The van der Waals surface area contributed by atoms with E-state index in [-0.39, 0.29) is 6.04 Å². The van der Waals surface area contributed by atoms with Crippen LogP contribution < -0.4 is 5.73 Å². The number of thiophene rings is 1. The molecule has 17 heavy (non-hydrogen) atoms. The zero-order valence-corrected chi connectivity index (χ0v) is 11.4. The van der Waals surface area contributed by atoms with Gasteiger partial charge in [0.2, 0.25) is 0 Å². The van der Waals surface area contributed by atoms with Gasteiger partial charge in [0.25, 0.3) is 0 Å². The van der Waals surface area contributed by atoms with Gasteiger partial charge in [-0.05, 0) is 41.0 Å². The van der Waals surface area contributed by atoms with Crippen molar-refractivity contribution in [1.82, 2.24) is 0 Å². The molecular weight excluding hydrogens is 246 g/mol. The lowest BCUT2D eigenvalue weighted by molar-refractivity contribution is 0.585. The molecular formula is C14H17NS2. The lowest BCUT2D eigenvalue weighted by Crippen LogP contribution is -2.26. The molecule has 1 aliphatic rings. The minimum absolute atomic E-state index is 0.197. The topological polar surface area (TPSA) is 26.0 Å². The third-order valence-corrected chi connectivity index (χ3v) is 5.94. The first-order valence-electron chi connectivity index (χ1n) is 6.19. The molecule has 2 atom stereocenters. The number of benzene rings is 1. The normalized spacial score (nSPS) is 22.8. The first kappa shape index (κ1) is 11.6. The maximum Gasteiger partial charge on any atom is 0.0429 e. The van der Waals surface area contributed by atoms with E-state index >= 15 is 0 Å². The van der Waals surface area contributed by atoms with Crippen LogP contribution in [0.4, 0.5) is 0 Å². The molecule has 1 nitrogen and oxygen atoms in total. The Kier molecular flexibility index (Phi) is 3.41. The second kappa shape index (κ2) is 5.01. The molecule has 2 N–H and O–H groups in total. The molecule has 0 saturated carbocycles. The van der Waals surface area contributed by atoms with Gasteiger partial charge in [-0.15, -0.1) is 11.3 Å². The first-order valence-corrected chi connectivity index (χ1v) is 8.12. The molecule has 2 aromatic rings. The summed E-state index contributed by atoms with van der Waals surface area (Å²) in [7, 11) is 0. The van der Waals surface area contributed by atoms with Gasteiger partial charge in [0.05, 0.1) is 0 Å². The summed E-state index contributed by atoms with van der Waals surface area (Å²) in [6, 6.07) is 8.90. The fraction of sp³-hybridized carbons (Fsp3) is 0.429. The summed E-state index contributed by atoms with van der Waals surface area (Å²) in [6.07, 6.45) is 3.97. The lowest BCUT2D eigenvalue weighted by Gasteiger charge is -2.27. The van der Waals surface area contributed by atoms with E-state index in [1.54, 1.807) is 0 Å². The van der Waals surface area contributed by atoms with E-state index in [2.05, 4.69) is 41.4 Å². The van der Waals surface area contributed by atoms with Crippen LogP contribution >= 0.6 is 23.1 Å². The van der Waals surface area contributed by atoms with Crippen molar-refractivity contribution in [1.29, 1.82) is 0 Å². The SMILES string of the molecule is NC(c1cccc2ccsc12)C1CCCCS1. The van der Waals surface area contributed by atoms with Crippen LogP contribution in [0.15, 0.2) is 29.6 Å². The van der Waals surface area contributed by atoms with Gasteiger partial charge < -0.3 is 5.73 Å². The Labute approximate surface area is 110 Å². The highest BCUT2D eigenvalue weighted by molar-refractivity contribution is 8.00. The average molecular weight is 263 g/mol. The average Bonchev–Trinajstić information content (AvgIpc) is 2.87. The minimum atomic E-state index is 0.197. The van der Waals surface area contributed by atoms with E-state index in [4.69, 9.17) is 5.73 Å². The first-order chi connectivity index (χ1) is 8.36. The van der Waals surface area contributed by atoms with Crippen molar-refractivity contribution in [3.8, 4) is 0 Å². The highest BCUT2D eigenvalue weighted by atomic mass is 32.2. The molecule has 0 radical (unpaired) electrons. The maximum absolute atomic E-state index is 6.48. The maximum atomic E-state index is 6.48. The number of fused-ring (bicyclic) bond motifs is 1. The Morgan fingerprint density at radius 3 is 3.00 bits per heavy atom. The Morgan fingerprint density at radius 2 is 2.18 bits per heavy atom. The van der Waals surface area contributed by atoms with Crippen molar-refractivity contribution in [2.75, 3.05) is 5.75 Å². The van der Waals surface area contributed by atoms with E-state index < -0.39 is 0 Å². The van der Waals surface area contributed by atoms with Crippen LogP contribution in [0, 0.1) is 0 Å². The predicted octanol–water partition coefficient (Wildman–Crippen LogP) is 4.19. The molecule has 3 rings (SSSR count). The van der Waals surface area contributed by atoms with Gasteiger partial charge in [-0.2, -0.15) is 11.8 Å². The van der Waals surface area contributed by atoms with Crippen LogP contribution in [-0.4, -0.2) is 11.0 Å². The van der Waals surface area contributed by atoms with Gasteiger partial charge in [-0.25, -0.2) is 0 Å². The minimum Gasteiger partial charge on any atom is -0.323 e. The number of hydrogen-bond acceptors (Lipinski definition) is 3. The van der Waals surface area contributed by atoms with Gasteiger partial charge in [0.1, 0.15) is 0 Å². The highest BCUT2D eigenvalue weighted by Gasteiger charge is 2.23. The highest BCUT2D eigenvalue weighted by Crippen LogP contribution is 2.37. The monoisotopic (exact) mass is 263 g/mol. The van der Waals surface area contributed by atoms with E-state index in [1.165, 1.54) is 40.7 Å². The Balaban J connectivity index is 1.94. The smallest absolute Gasteiger partial charge is 0.0429 e. The molecule has 2 unspecified atom stereocenters. The standard InChI is InChI=1S/C14H17NS2/c15-13(12-6-1-2-8-16-12)11-5-3-4-10-7-9-17-14(10)11/h3-5,7,9,12-13H,1-2,6,8,15H2. The molecule has 1 saturated heterocycles. The molecule has 0 bridgehead atoms. The fourth-order valence-electron chi connectivity index (χ4n) is 2.53. The molecule has 0 spiro atoms.